The van der Waals surface area contributed by atoms with Crippen LogP contribution in [0.5, 0.6) is 11.5 Å². The zero-order valence-corrected chi connectivity index (χ0v) is 13.0. The fourth-order valence-corrected chi connectivity index (χ4v) is 2.13. The number of rotatable bonds is 5. The SMILES string of the molecule is COc1ccc(Nc2ncc(-c3ccc(OC)cc3)cn2)cc1. The molecule has 23 heavy (non-hydrogen) atoms. The number of benzene rings is 2. The summed E-state index contributed by atoms with van der Waals surface area (Å²) >= 11 is 0. The third-order valence-electron chi connectivity index (χ3n) is 3.42. The summed E-state index contributed by atoms with van der Waals surface area (Å²) < 4.78 is 10.3. The summed E-state index contributed by atoms with van der Waals surface area (Å²) in [5.41, 5.74) is 2.90. The maximum Gasteiger partial charge on any atom is 0.227 e. The van der Waals surface area contributed by atoms with Crippen molar-refractivity contribution in [1.29, 1.82) is 0 Å². The first-order chi connectivity index (χ1) is 11.3. The Morgan fingerprint density at radius 2 is 1.22 bits per heavy atom. The van der Waals surface area contributed by atoms with Crippen LogP contribution in [0, 0.1) is 0 Å². The molecule has 5 heteroatoms. The number of hydrogen-bond donors (Lipinski definition) is 1. The van der Waals surface area contributed by atoms with Gasteiger partial charge in [-0.3, -0.25) is 0 Å². The average molecular weight is 307 g/mol. The van der Waals surface area contributed by atoms with Crippen molar-refractivity contribution in [3.8, 4) is 22.6 Å². The van der Waals surface area contributed by atoms with E-state index in [-0.39, 0.29) is 0 Å². The minimum atomic E-state index is 0.549. The first kappa shape index (κ1) is 14.8. The van der Waals surface area contributed by atoms with Crippen molar-refractivity contribution < 1.29 is 9.47 Å². The molecule has 0 amide bonds. The van der Waals surface area contributed by atoms with Crippen LogP contribution in [0.25, 0.3) is 11.1 Å². The highest BCUT2D eigenvalue weighted by Crippen LogP contribution is 2.22. The van der Waals surface area contributed by atoms with E-state index in [1.165, 1.54) is 0 Å². The van der Waals surface area contributed by atoms with Crippen molar-refractivity contribution in [3.63, 3.8) is 0 Å². The Hall–Kier alpha value is -3.08. The van der Waals surface area contributed by atoms with Crippen LogP contribution >= 0.6 is 0 Å². The number of aromatic nitrogens is 2. The van der Waals surface area contributed by atoms with Gasteiger partial charge in [-0.15, -0.1) is 0 Å². The van der Waals surface area contributed by atoms with Crippen LogP contribution in [0.15, 0.2) is 60.9 Å². The third-order valence-corrected chi connectivity index (χ3v) is 3.42. The minimum absolute atomic E-state index is 0.549. The Labute approximate surface area is 134 Å². The summed E-state index contributed by atoms with van der Waals surface area (Å²) in [6.45, 7) is 0. The Bertz CT molecular complexity index is 754. The maximum absolute atomic E-state index is 5.16. The number of ether oxygens (including phenoxy) is 2. The van der Waals surface area contributed by atoms with E-state index in [2.05, 4.69) is 15.3 Å². The summed E-state index contributed by atoms with van der Waals surface area (Å²) in [4.78, 5) is 8.70. The van der Waals surface area contributed by atoms with E-state index in [1.54, 1.807) is 26.6 Å². The Morgan fingerprint density at radius 3 is 1.74 bits per heavy atom. The van der Waals surface area contributed by atoms with Gasteiger partial charge in [0.1, 0.15) is 11.5 Å². The first-order valence-electron chi connectivity index (χ1n) is 7.16. The summed E-state index contributed by atoms with van der Waals surface area (Å²) in [7, 11) is 3.29. The summed E-state index contributed by atoms with van der Waals surface area (Å²) in [6, 6.07) is 15.4. The Morgan fingerprint density at radius 1 is 0.696 bits per heavy atom. The van der Waals surface area contributed by atoms with Gasteiger partial charge in [-0.25, -0.2) is 9.97 Å². The molecule has 0 saturated carbocycles. The predicted octanol–water partition coefficient (Wildman–Crippen LogP) is 3.90. The molecular weight excluding hydrogens is 290 g/mol. The highest BCUT2D eigenvalue weighted by atomic mass is 16.5. The number of methoxy groups -OCH3 is 2. The maximum atomic E-state index is 5.16. The van der Waals surface area contributed by atoms with Crippen LogP contribution in [0.1, 0.15) is 0 Å². The van der Waals surface area contributed by atoms with Gasteiger partial charge in [0, 0.05) is 23.6 Å². The lowest BCUT2D eigenvalue weighted by atomic mass is 10.1. The third kappa shape index (κ3) is 3.58. The lowest BCUT2D eigenvalue weighted by Gasteiger charge is -2.07. The largest absolute Gasteiger partial charge is 0.497 e. The van der Waals surface area contributed by atoms with Crippen molar-refractivity contribution in [2.24, 2.45) is 0 Å². The molecule has 0 spiro atoms. The van der Waals surface area contributed by atoms with Crippen molar-refractivity contribution in [1.82, 2.24) is 9.97 Å². The van der Waals surface area contributed by atoms with Gasteiger partial charge in [-0.2, -0.15) is 0 Å². The van der Waals surface area contributed by atoms with Gasteiger partial charge in [0.05, 0.1) is 14.2 Å². The van der Waals surface area contributed by atoms with Crippen LogP contribution in [-0.2, 0) is 0 Å². The quantitative estimate of drug-likeness (QED) is 0.774. The van der Waals surface area contributed by atoms with Crippen molar-refractivity contribution in [2.75, 3.05) is 19.5 Å². The molecule has 0 aliphatic rings. The Balaban J connectivity index is 1.72. The second-order valence-electron chi connectivity index (χ2n) is 4.88. The van der Waals surface area contributed by atoms with E-state index < -0.39 is 0 Å². The number of anilines is 2. The molecule has 0 bridgehead atoms. The fraction of sp³-hybridized carbons (Fsp3) is 0.111. The predicted molar refractivity (Wildman–Crippen MR) is 90.3 cm³/mol. The fourth-order valence-electron chi connectivity index (χ4n) is 2.13. The minimum Gasteiger partial charge on any atom is -0.497 e. The second kappa shape index (κ2) is 6.79. The molecule has 5 nitrogen and oxygen atoms in total. The molecule has 1 aromatic heterocycles. The molecule has 0 fully saturated rings. The zero-order valence-electron chi connectivity index (χ0n) is 13.0. The molecule has 0 aliphatic heterocycles. The molecule has 0 saturated heterocycles. The summed E-state index contributed by atoms with van der Waals surface area (Å²) in [6.07, 6.45) is 3.58. The molecule has 1 heterocycles. The van der Waals surface area contributed by atoms with E-state index in [4.69, 9.17) is 9.47 Å². The van der Waals surface area contributed by atoms with E-state index in [1.807, 2.05) is 48.5 Å². The van der Waals surface area contributed by atoms with Gasteiger partial charge in [0.15, 0.2) is 0 Å². The number of hydrogen-bond acceptors (Lipinski definition) is 5. The van der Waals surface area contributed by atoms with E-state index >= 15 is 0 Å². The van der Waals surface area contributed by atoms with Crippen LogP contribution < -0.4 is 14.8 Å². The highest BCUT2D eigenvalue weighted by molar-refractivity contribution is 5.63. The molecule has 3 rings (SSSR count). The van der Waals surface area contributed by atoms with Crippen LogP contribution in [-0.4, -0.2) is 24.2 Å². The number of nitrogens with zero attached hydrogens (tertiary/aromatic N) is 2. The van der Waals surface area contributed by atoms with Gasteiger partial charge in [0.2, 0.25) is 5.95 Å². The van der Waals surface area contributed by atoms with E-state index in [9.17, 15) is 0 Å². The lowest BCUT2D eigenvalue weighted by Crippen LogP contribution is -1.96. The molecular formula is C18H17N3O2. The Kier molecular flexibility index (Phi) is 4.38. The highest BCUT2D eigenvalue weighted by Gasteiger charge is 2.02. The van der Waals surface area contributed by atoms with Gasteiger partial charge >= 0.3 is 0 Å². The molecule has 116 valence electrons. The molecule has 0 radical (unpaired) electrons. The lowest BCUT2D eigenvalue weighted by molar-refractivity contribution is 0.415. The van der Waals surface area contributed by atoms with Crippen molar-refractivity contribution >= 4 is 11.6 Å². The van der Waals surface area contributed by atoms with Gasteiger partial charge in [-0.1, -0.05) is 12.1 Å². The van der Waals surface area contributed by atoms with Crippen LogP contribution in [0.3, 0.4) is 0 Å². The van der Waals surface area contributed by atoms with Crippen LogP contribution in [0.4, 0.5) is 11.6 Å². The van der Waals surface area contributed by atoms with Crippen LogP contribution in [0.2, 0.25) is 0 Å². The van der Waals surface area contributed by atoms with E-state index in [0.29, 0.717) is 5.95 Å². The topological polar surface area (TPSA) is 56.3 Å². The van der Waals surface area contributed by atoms with Gasteiger partial charge in [-0.05, 0) is 42.0 Å². The first-order valence-corrected chi connectivity index (χ1v) is 7.16. The summed E-state index contributed by atoms with van der Waals surface area (Å²) in [5, 5.41) is 3.15. The summed E-state index contributed by atoms with van der Waals surface area (Å²) in [5.74, 6) is 2.19. The molecule has 0 unspecified atom stereocenters. The molecule has 2 aromatic carbocycles. The van der Waals surface area contributed by atoms with E-state index in [0.717, 1.165) is 28.3 Å². The average Bonchev–Trinajstić information content (AvgIpc) is 2.63. The smallest absolute Gasteiger partial charge is 0.227 e. The monoisotopic (exact) mass is 307 g/mol. The van der Waals surface area contributed by atoms with Gasteiger partial charge < -0.3 is 14.8 Å². The second-order valence-corrected chi connectivity index (χ2v) is 4.88. The molecule has 0 aliphatic carbocycles. The van der Waals surface area contributed by atoms with Gasteiger partial charge in [0.25, 0.3) is 0 Å². The molecule has 1 N–H and O–H groups in total. The zero-order chi connectivity index (χ0) is 16.1. The number of nitrogens with one attached hydrogen (secondary N) is 1. The normalized spacial score (nSPS) is 10.2. The molecule has 3 aromatic rings. The van der Waals surface area contributed by atoms with Crippen molar-refractivity contribution in [3.05, 3.63) is 60.9 Å². The standard InChI is InChI=1S/C18H17N3O2/c1-22-16-7-3-13(4-8-16)14-11-19-18(20-12-14)21-15-5-9-17(23-2)10-6-15/h3-12H,1-2H3,(H,19,20,21). The van der Waals surface area contributed by atoms with Crippen molar-refractivity contribution in [2.45, 2.75) is 0 Å². The molecule has 0 atom stereocenters.